The monoisotopic (exact) mass is 278 g/mol. The Labute approximate surface area is 119 Å². The lowest BCUT2D eigenvalue weighted by atomic mass is 10.0. The Morgan fingerprint density at radius 2 is 2.20 bits per heavy atom. The van der Waals surface area contributed by atoms with Gasteiger partial charge < -0.3 is 20.9 Å². The van der Waals surface area contributed by atoms with Gasteiger partial charge in [0.05, 0.1) is 18.2 Å². The summed E-state index contributed by atoms with van der Waals surface area (Å²) < 4.78 is 5.54. The highest BCUT2D eigenvalue weighted by atomic mass is 16.5. The van der Waals surface area contributed by atoms with Crippen molar-refractivity contribution in [3.05, 3.63) is 29.8 Å². The number of ether oxygens (including phenoxy) is 1. The molecule has 3 atom stereocenters. The van der Waals surface area contributed by atoms with Gasteiger partial charge in [0, 0.05) is 6.61 Å². The average Bonchev–Trinajstić information content (AvgIpc) is 2.95. The van der Waals surface area contributed by atoms with Gasteiger partial charge in [-0.3, -0.25) is 4.79 Å². The third-order valence-corrected chi connectivity index (χ3v) is 3.62. The molecule has 3 unspecified atom stereocenters. The van der Waals surface area contributed by atoms with E-state index in [0.29, 0.717) is 6.42 Å². The van der Waals surface area contributed by atoms with Crippen LogP contribution in [0.25, 0.3) is 0 Å². The van der Waals surface area contributed by atoms with Gasteiger partial charge in [0.2, 0.25) is 5.91 Å². The highest BCUT2D eigenvalue weighted by Crippen LogP contribution is 2.15. The second-order valence-electron chi connectivity index (χ2n) is 5.33. The number of benzene rings is 1. The predicted molar refractivity (Wildman–Crippen MR) is 76.4 cm³/mol. The smallest absolute Gasteiger partial charge is 0.237 e. The zero-order valence-corrected chi connectivity index (χ0v) is 11.7. The van der Waals surface area contributed by atoms with E-state index in [9.17, 15) is 9.90 Å². The summed E-state index contributed by atoms with van der Waals surface area (Å²) in [5, 5.41) is 12.1. The molecule has 0 bridgehead atoms. The molecular weight excluding hydrogens is 256 g/mol. The van der Waals surface area contributed by atoms with Crippen molar-refractivity contribution in [3.63, 3.8) is 0 Å². The van der Waals surface area contributed by atoms with Crippen molar-refractivity contribution in [1.82, 2.24) is 5.32 Å². The Kier molecular flexibility index (Phi) is 4.98. The second kappa shape index (κ2) is 6.72. The third-order valence-electron chi connectivity index (χ3n) is 3.62. The fraction of sp³-hybridized carbons (Fsp3) is 0.533. The summed E-state index contributed by atoms with van der Waals surface area (Å²) in [5.74, 6) is 0.0415. The van der Waals surface area contributed by atoms with Crippen LogP contribution in [-0.4, -0.2) is 35.8 Å². The Morgan fingerprint density at radius 1 is 1.50 bits per heavy atom. The van der Waals surface area contributed by atoms with Crippen molar-refractivity contribution in [1.29, 1.82) is 0 Å². The molecule has 5 heteroatoms. The van der Waals surface area contributed by atoms with E-state index in [1.54, 1.807) is 24.3 Å². The van der Waals surface area contributed by atoms with E-state index in [2.05, 4.69) is 5.32 Å². The van der Waals surface area contributed by atoms with Gasteiger partial charge in [-0.05, 0) is 43.9 Å². The Bertz CT molecular complexity index is 441. The van der Waals surface area contributed by atoms with Crippen LogP contribution in [0.2, 0.25) is 0 Å². The number of carbonyl (C=O) groups excluding carboxylic acids is 1. The van der Waals surface area contributed by atoms with Crippen LogP contribution in [0.3, 0.4) is 0 Å². The molecule has 0 saturated carbocycles. The Morgan fingerprint density at radius 3 is 2.80 bits per heavy atom. The quantitative estimate of drug-likeness (QED) is 0.748. The summed E-state index contributed by atoms with van der Waals surface area (Å²) in [7, 11) is 0. The zero-order chi connectivity index (χ0) is 14.5. The molecule has 5 nitrogen and oxygen atoms in total. The number of carbonyl (C=O) groups is 1. The fourth-order valence-corrected chi connectivity index (χ4v) is 2.40. The van der Waals surface area contributed by atoms with Crippen molar-refractivity contribution < 1.29 is 14.6 Å². The SMILES string of the molecule is CC(NC(=O)C(N)Cc1ccc(O)cc1)C1CCCO1. The summed E-state index contributed by atoms with van der Waals surface area (Å²) in [6, 6.07) is 6.11. The lowest BCUT2D eigenvalue weighted by Crippen LogP contribution is -2.49. The molecule has 1 amide bonds. The molecule has 1 aliphatic rings. The number of phenols is 1. The lowest BCUT2D eigenvalue weighted by molar-refractivity contribution is -0.123. The molecule has 1 saturated heterocycles. The normalized spacial score (nSPS) is 21.4. The zero-order valence-electron chi connectivity index (χ0n) is 11.7. The maximum atomic E-state index is 12.0. The molecule has 110 valence electrons. The minimum atomic E-state index is -0.594. The van der Waals surface area contributed by atoms with Crippen molar-refractivity contribution in [2.45, 2.75) is 44.4 Å². The van der Waals surface area contributed by atoms with E-state index < -0.39 is 6.04 Å². The lowest BCUT2D eigenvalue weighted by Gasteiger charge is -2.22. The number of nitrogens with two attached hydrogens (primary N) is 1. The van der Waals surface area contributed by atoms with Crippen LogP contribution < -0.4 is 11.1 Å². The molecule has 1 fully saturated rings. The molecule has 2 rings (SSSR count). The molecule has 1 heterocycles. The molecule has 20 heavy (non-hydrogen) atoms. The highest BCUT2D eigenvalue weighted by Gasteiger charge is 2.25. The largest absolute Gasteiger partial charge is 0.508 e. The molecule has 0 spiro atoms. The van der Waals surface area contributed by atoms with Crippen molar-refractivity contribution in [2.24, 2.45) is 5.73 Å². The molecular formula is C15H22N2O3. The number of amides is 1. The van der Waals surface area contributed by atoms with Gasteiger partial charge in [-0.1, -0.05) is 12.1 Å². The molecule has 0 aliphatic carbocycles. The van der Waals surface area contributed by atoms with Crippen LogP contribution in [0, 0.1) is 0 Å². The van der Waals surface area contributed by atoms with E-state index in [0.717, 1.165) is 25.0 Å². The van der Waals surface area contributed by atoms with Gasteiger partial charge in [0.15, 0.2) is 0 Å². The maximum absolute atomic E-state index is 12.0. The van der Waals surface area contributed by atoms with Crippen molar-refractivity contribution in [2.75, 3.05) is 6.61 Å². The van der Waals surface area contributed by atoms with Gasteiger partial charge in [0.25, 0.3) is 0 Å². The maximum Gasteiger partial charge on any atom is 0.237 e. The number of aromatic hydroxyl groups is 1. The molecule has 4 N–H and O–H groups in total. The molecule has 0 radical (unpaired) electrons. The van der Waals surface area contributed by atoms with Crippen LogP contribution in [0.4, 0.5) is 0 Å². The number of phenolic OH excluding ortho intramolecular Hbond substituents is 1. The first-order valence-electron chi connectivity index (χ1n) is 7.01. The average molecular weight is 278 g/mol. The topological polar surface area (TPSA) is 84.6 Å². The number of rotatable bonds is 5. The molecule has 1 aliphatic heterocycles. The van der Waals surface area contributed by atoms with Crippen molar-refractivity contribution in [3.8, 4) is 5.75 Å². The van der Waals surface area contributed by atoms with Crippen LogP contribution in [-0.2, 0) is 16.0 Å². The fourth-order valence-electron chi connectivity index (χ4n) is 2.40. The van der Waals surface area contributed by atoms with E-state index >= 15 is 0 Å². The van der Waals surface area contributed by atoms with Gasteiger partial charge in [-0.25, -0.2) is 0 Å². The van der Waals surface area contributed by atoms with E-state index in [-0.39, 0.29) is 23.8 Å². The van der Waals surface area contributed by atoms with Crippen LogP contribution in [0.15, 0.2) is 24.3 Å². The molecule has 0 aromatic heterocycles. The minimum absolute atomic E-state index is 0.0177. The third kappa shape index (κ3) is 3.95. The van der Waals surface area contributed by atoms with Gasteiger partial charge in [0.1, 0.15) is 5.75 Å². The first-order chi connectivity index (χ1) is 9.56. The van der Waals surface area contributed by atoms with E-state index in [1.165, 1.54) is 0 Å². The number of nitrogens with one attached hydrogen (secondary N) is 1. The minimum Gasteiger partial charge on any atom is -0.508 e. The van der Waals surface area contributed by atoms with E-state index in [1.807, 2.05) is 6.92 Å². The van der Waals surface area contributed by atoms with Crippen molar-refractivity contribution >= 4 is 5.91 Å². The van der Waals surface area contributed by atoms with Crippen LogP contribution in [0.1, 0.15) is 25.3 Å². The standard InChI is InChI=1S/C15H22N2O3/c1-10(14-3-2-8-20-14)17-15(19)13(16)9-11-4-6-12(18)7-5-11/h4-7,10,13-14,18H,2-3,8-9,16H2,1H3,(H,17,19). The van der Waals surface area contributed by atoms with Crippen LogP contribution >= 0.6 is 0 Å². The summed E-state index contributed by atoms with van der Waals surface area (Å²) >= 11 is 0. The Balaban J connectivity index is 1.83. The summed E-state index contributed by atoms with van der Waals surface area (Å²) in [5.41, 5.74) is 6.85. The number of hydrogen-bond acceptors (Lipinski definition) is 4. The highest BCUT2D eigenvalue weighted by molar-refractivity contribution is 5.82. The first-order valence-corrected chi connectivity index (χ1v) is 7.01. The van der Waals surface area contributed by atoms with Gasteiger partial charge >= 0.3 is 0 Å². The summed E-state index contributed by atoms with van der Waals surface area (Å²) in [6.45, 7) is 2.71. The second-order valence-corrected chi connectivity index (χ2v) is 5.33. The van der Waals surface area contributed by atoms with E-state index in [4.69, 9.17) is 10.5 Å². The summed E-state index contributed by atoms with van der Waals surface area (Å²) in [6.07, 6.45) is 2.57. The Hall–Kier alpha value is -1.59. The summed E-state index contributed by atoms with van der Waals surface area (Å²) in [4.78, 5) is 12.0. The van der Waals surface area contributed by atoms with Gasteiger partial charge in [-0.15, -0.1) is 0 Å². The predicted octanol–water partition coefficient (Wildman–Crippen LogP) is 0.946. The molecule has 1 aromatic carbocycles. The molecule has 1 aromatic rings. The van der Waals surface area contributed by atoms with Crippen LogP contribution in [0.5, 0.6) is 5.75 Å². The number of hydrogen-bond donors (Lipinski definition) is 3. The van der Waals surface area contributed by atoms with Gasteiger partial charge in [-0.2, -0.15) is 0 Å². The first kappa shape index (κ1) is 14.8.